The summed E-state index contributed by atoms with van der Waals surface area (Å²) in [7, 11) is -1.77. The van der Waals surface area contributed by atoms with Gasteiger partial charge >= 0.3 is 0 Å². The van der Waals surface area contributed by atoms with Gasteiger partial charge in [0.15, 0.2) is 0 Å². The first-order valence-electron chi connectivity index (χ1n) is 8.27. The summed E-state index contributed by atoms with van der Waals surface area (Å²) < 4.78 is 28.1. The molecule has 1 aliphatic carbocycles. The maximum absolute atomic E-state index is 12.5. The van der Waals surface area contributed by atoms with Gasteiger partial charge < -0.3 is 5.32 Å². The van der Waals surface area contributed by atoms with Crippen LogP contribution in [0.5, 0.6) is 0 Å². The molecule has 0 spiro atoms. The van der Waals surface area contributed by atoms with Crippen LogP contribution in [0.1, 0.15) is 40.5 Å². The Morgan fingerprint density at radius 1 is 1.38 bits per heavy atom. The van der Waals surface area contributed by atoms with E-state index < -0.39 is 10.0 Å². The zero-order valence-corrected chi connectivity index (χ0v) is 15.2. The standard InChI is InChI=1S/C18H20N4O3S/c1-3-11-20-26(24,25)14-9-7-13(8-10-14)18(23)21-16-5-4-6-17-15(16)12-19-22(17)2/h1,7-10,12,16,20H,4-6,11H2,2H3,(H,21,23). The molecule has 1 unspecified atom stereocenters. The van der Waals surface area contributed by atoms with E-state index >= 15 is 0 Å². The van der Waals surface area contributed by atoms with E-state index in [4.69, 9.17) is 6.42 Å². The van der Waals surface area contributed by atoms with Gasteiger partial charge in [0.25, 0.3) is 5.91 Å². The molecule has 1 aromatic carbocycles. The van der Waals surface area contributed by atoms with Crippen LogP contribution in [0.4, 0.5) is 0 Å². The number of aromatic nitrogens is 2. The lowest BCUT2D eigenvalue weighted by atomic mass is 9.93. The maximum Gasteiger partial charge on any atom is 0.251 e. The summed E-state index contributed by atoms with van der Waals surface area (Å²) in [4.78, 5) is 12.6. The fraction of sp³-hybridized carbons (Fsp3) is 0.333. The number of fused-ring (bicyclic) bond motifs is 1. The van der Waals surface area contributed by atoms with Crippen molar-refractivity contribution in [3.63, 3.8) is 0 Å². The smallest absolute Gasteiger partial charge is 0.251 e. The molecule has 136 valence electrons. The Labute approximate surface area is 152 Å². The second-order valence-corrected chi connectivity index (χ2v) is 7.91. The fourth-order valence-electron chi connectivity index (χ4n) is 3.10. The largest absolute Gasteiger partial charge is 0.345 e. The highest BCUT2D eigenvalue weighted by molar-refractivity contribution is 7.89. The van der Waals surface area contributed by atoms with Crippen molar-refractivity contribution in [2.24, 2.45) is 7.05 Å². The number of terminal acetylenes is 1. The third-order valence-electron chi connectivity index (χ3n) is 4.47. The van der Waals surface area contributed by atoms with Crippen LogP contribution < -0.4 is 10.0 Å². The first-order valence-corrected chi connectivity index (χ1v) is 9.75. The van der Waals surface area contributed by atoms with E-state index in [2.05, 4.69) is 21.1 Å². The molecule has 2 N–H and O–H groups in total. The number of sulfonamides is 1. The van der Waals surface area contributed by atoms with E-state index in [-0.39, 0.29) is 23.4 Å². The zero-order chi connectivity index (χ0) is 18.7. The van der Waals surface area contributed by atoms with Crippen LogP contribution in [0, 0.1) is 12.3 Å². The van der Waals surface area contributed by atoms with Crippen molar-refractivity contribution >= 4 is 15.9 Å². The van der Waals surface area contributed by atoms with Crippen molar-refractivity contribution < 1.29 is 13.2 Å². The van der Waals surface area contributed by atoms with Crippen molar-refractivity contribution in [3.05, 3.63) is 47.3 Å². The van der Waals surface area contributed by atoms with E-state index in [9.17, 15) is 13.2 Å². The molecular weight excluding hydrogens is 352 g/mol. The number of carbonyl (C=O) groups is 1. The van der Waals surface area contributed by atoms with Gasteiger partial charge in [-0.3, -0.25) is 9.48 Å². The monoisotopic (exact) mass is 372 g/mol. The van der Waals surface area contributed by atoms with Crippen LogP contribution in [-0.2, 0) is 23.5 Å². The molecule has 0 aliphatic heterocycles. The van der Waals surface area contributed by atoms with Gasteiger partial charge in [0, 0.05) is 23.9 Å². The van der Waals surface area contributed by atoms with Crippen LogP contribution in [0.25, 0.3) is 0 Å². The second kappa shape index (κ2) is 7.32. The van der Waals surface area contributed by atoms with E-state index in [1.54, 1.807) is 6.20 Å². The quantitative estimate of drug-likeness (QED) is 0.770. The molecule has 1 amide bonds. The number of aryl methyl sites for hydroxylation is 1. The lowest BCUT2D eigenvalue weighted by Crippen LogP contribution is -2.31. The van der Waals surface area contributed by atoms with E-state index in [0.717, 1.165) is 30.5 Å². The predicted octanol–water partition coefficient (Wildman–Crippen LogP) is 1.14. The summed E-state index contributed by atoms with van der Waals surface area (Å²) in [5, 5.41) is 7.28. The molecule has 1 aliphatic rings. The van der Waals surface area contributed by atoms with Crippen molar-refractivity contribution in [2.75, 3.05) is 6.54 Å². The van der Waals surface area contributed by atoms with Crippen molar-refractivity contribution in [1.29, 1.82) is 0 Å². The summed E-state index contributed by atoms with van der Waals surface area (Å²) in [6.07, 6.45) is 9.65. The molecule has 1 aromatic heterocycles. The molecule has 2 aromatic rings. The first kappa shape index (κ1) is 18.2. The molecular formula is C18H20N4O3S. The number of hydrogen-bond acceptors (Lipinski definition) is 4. The average Bonchev–Trinajstić information content (AvgIpc) is 3.02. The summed E-state index contributed by atoms with van der Waals surface area (Å²) in [6, 6.07) is 5.69. The predicted molar refractivity (Wildman–Crippen MR) is 96.8 cm³/mol. The van der Waals surface area contributed by atoms with Crippen LogP contribution in [0.3, 0.4) is 0 Å². The Hall–Kier alpha value is -2.63. The summed E-state index contributed by atoms with van der Waals surface area (Å²) in [5.41, 5.74) is 2.59. The molecule has 1 heterocycles. The maximum atomic E-state index is 12.5. The van der Waals surface area contributed by atoms with Gasteiger partial charge in [-0.1, -0.05) is 5.92 Å². The van der Waals surface area contributed by atoms with E-state index in [1.807, 2.05) is 11.7 Å². The molecule has 0 radical (unpaired) electrons. The molecule has 7 nitrogen and oxygen atoms in total. The molecule has 26 heavy (non-hydrogen) atoms. The zero-order valence-electron chi connectivity index (χ0n) is 14.4. The highest BCUT2D eigenvalue weighted by Gasteiger charge is 2.25. The Balaban J connectivity index is 1.73. The Morgan fingerprint density at radius 3 is 2.81 bits per heavy atom. The third kappa shape index (κ3) is 3.64. The molecule has 0 saturated carbocycles. The Morgan fingerprint density at radius 2 is 2.12 bits per heavy atom. The number of rotatable bonds is 5. The number of benzene rings is 1. The minimum absolute atomic E-state index is 0.0662. The highest BCUT2D eigenvalue weighted by Crippen LogP contribution is 2.29. The van der Waals surface area contributed by atoms with Crippen LogP contribution >= 0.6 is 0 Å². The van der Waals surface area contributed by atoms with Gasteiger partial charge in [0.05, 0.1) is 23.7 Å². The second-order valence-electron chi connectivity index (χ2n) is 6.14. The number of nitrogens with one attached hydrogen (secondary N) is 2. The van der Waals surface area contributed by atoms with Crippen LogP contribution in [0.2, 0.25) is 0 Å². The minimum Gasteiger partial charge on any atom is -0.345 e. The first-order chi connectivity index (χ1) is 12.4. The highest BCUT2D eigenvalue weighted by atomic mass is 32.2. The fourth-order valence-corrected chi connectivity index (χ4v) is 4.04. The van der Waals surface area contributed by atoms with Gasteiger partial charge in [-0.15, -0.1) is 6.42 Å². The average molecular weight is 372 g/mol. The van der Waals surface area contributed by atoms with Gasteiger partial charge in [-0.25, -0.2) is 8.42 Å². The summed E-state index contributed by atoms with van der Waals surface area (Å²) in [6.45, 7) is -0.0836. The summed E-state index contributed by atoms with van der Waals surface area (Å²) in [5.74, 6) is 1.97. The molecule has 1 atom stereocenters. The Bertz CT molecular complexity index is 955. The summed E-state index contributed by atoms with van der Waals surface area (Å²) >= 11 is 0. The molecule has 3 rings (SSSR count). The molecule has 0 saturated heterocycles. The molecule has 0 bridgehead atoms. The normalized spacial score (nSPS) is 16.5. The topological polar surface area (TPSA) is 93.1 Å². The van der Waals surface area contributed by atoms with Gasteiger partial charge in [-0.05, 0) is 43.5 Å². The van der Waals surface area contributed by atoms with Gasteiger partial charge in [0.2, 0.25) is 10.0 Å². The van der Waals surface area contributed by atoms with Gasteiger partial charge in [0.1, 0.15) is 0 Å². The van der Waals surface area contributed by atoms with E-state index in [0.29, 0.717) is 5.56 Å². The number of amides is 1. The van der Waals surface area contributed by atoms with Gasteiger partial charge in [-0.2, -0.15) is 9.82 Å². The number of nitrogens with zero attached hydrogens (tertiary/aromatic N) is 2. The number of carbonyl (C=O) groups excluding carboxylic acids is 1. The molecule has 0 fully saturated rings. The SMILES string of the molecule is C#CCNS(=O)(=O)c1ccc(C(=O)NC2CCCc3c2cnn3C)cc1. The molecule has 8 heteroatoms. The lowest BCUT2D eigenvalue weighted by Gasteiger charge is -2.23. The van der Waals surface area contributed by atoms with Crippen molar-refractivity contribution in [3.8, 4) is 12.3 Å². The lowest BCUT2D eigenvalue weighted by molar-refractivity contribution is 0.0932. The van der Waals surface area contributed by atoms with E-state index in [1.165, 1.54) is 24.3 Å². The Kier molecular flexibility index (Phi) is 5.11. The van der Waals surface area contributed by atoms with Crippen molar-refractivity contribution in [1.82, 2.24) is 19.8 Å². The minimum atomic E-state index is -3.66. The van der Waals surface area contributed by atoms with Crippen LogP contribution in [0.15, 0.2) is 35.4 Å². The number of hydrogen-bond donors (Lipinski definition) is 2. The third-order valence-corrected chi connectivity index (χ3v) is 5.89. The van der Waals surface area contributed by atoms with Crippen LogP contribution in [-0.4, -0.2) is 30.7 Å². The van der Waals surface area contributed by atoms with Crippen molar-refractivity contribution in [2.45, 2.75) is 30.2 Å².